The van der Waals surface area contributed by atoms with Gasteiger partial charge in [-0.25, -0.2) is 0 Å². The van der Waals surface area contributed by atoms with Gasteiger partial charge in [-0.3, -0.25) is 14.6 Å². The number of carbonyl (C=O) groups excluding carboxylic acids is 2. The molecule has 4 atom stereocenters. The molecule has 1 aliphatic heterocycles. The first-order valence-electron chi connectivity index (χ1n) is 11.3. The first-order chi connectivity index (χ1) is 16.2. The largest absolute Gasteiger partial charge is 0.459 e. The molecule has 0 aromatic heterocycles. The molecule has 5 N–H and O–H groups in total. The average Bonchev–Trinajstić information content (AvgIpc) is 2.80. The topological polar surface area (TPSA) is 165 Å². The highest BCUT2D eigenvalue weighted by Crippen LogP contribution is 2.26. The third-order valence-corrected chi connectivity index (χ3v) is 3.48. The molecule has 0 spiro atoms. The molecule has 11 nitrogen and oxygen atoms in total. The van der Waals surface area contributed by atoms with Crippen molar-refractivity contribution in [3.05, 3.63) is 12.2 Å². The molecule has 0 radical (unpaired) electrons. The second kappa shape index (κ2) is 24.8. The van der Waals surface area contributed by atoms with Gasteiger partial charge in [-0.1, -0.05) is 19.4 Å². The molecule has 0 aromatic rings. The molecule has 1 rings (SSSR count). The van der Waals surface area contributed by atoms with Crippen LogP contribution in [0.5, 0.6) is 0 Å². The molecular weight excluding hydrogens is 456 g/mol. The molecule has 0 bridgehead atoms. The smallest absolute Gasteiger partial charge is 0.311 e. The second-order valence-electron chi connectivity index (χ2n) is 8.16. The molecule has 1 saturated heterocycles. The number of methoxy groups -OCH3 is 1. The van der Waals surface area contributed by atoms with Crippen LogP contribution in [-0.4, -0.2) is 86.9 Å². The molecule has 0 saturated carbocycles. The maximum Gasteiger partial charge on any atom is 0.311 e. The van der Waals surface area contributed by atoms with Gasteiger partial charge in [0.2, 0.25) is 5.91 Å². The Hall–Kier alpha value is -2.34. The SMILES string of the molecule is C=C(C)C.CC.CN=C/C=N\N.CNC(C)=O.COC1CC(OC(=O)C(C)(C)C)C(O)C(CO)O1. The quantitative estimate of drug-likeness (QED) is 0.148. The lowest BCUT2D eigenvalue weighted by Crippen LogP contribution is -2.52. The van der Waals surface area contributed by atoms with E-state index in [0.29, 0.717) is 0 Å². The van der Waals surface area contributed by atoms with Crippen molar-refractivity contribution in [2.45, 2.75) is 86.4 Å². The molecule has 4 unspecified atom stereocenters. The lowest BCUT2D eigenvalue weighted by molar-refractivity contribution is -0.255. The number of nitrogens with zero attached hydrogens (tertiary/aromatic N) is 2. The van der Waals surface area contributed by atoms with Crippen molar-refractivity contribution in [3.8, 4) is 0 Å². The van der Waals surface area contributed by atoms with Gasteiger partial charge in [0.05, 0.1) is 18.2 Å². The van der Waals surface area contributed by atoms with Gasteiger partial charge in [0.15, 0.2) is 6.29 Å². The van der Waals surface area contributed by atoms with Crippen LogP contribution in [0.3, 0.4) is 0 Å². The van der Waals surface area contributed by atoms with Crippen molar-refractivity contribution in [1.82, 2.24) is 5.32 Å². The number of amides is 1. The summed E-state index contributed by atoms with van der Waals surface area (Å²) >= 11 is 0. The Bertz CT molecular complexity index is 591. The maximum atomic E-state index is 11.8. The number of carbonyl (C=O) groups is 2. The van der Waals surface area contributed by atoms with E-state index in [4.69, 9.17) is 25.2 Å². The van der Waals surface area contributed by atoms with Gasteiger partial charge < -0.3 is 35.6 Å². The van der Waals surface area contributed by atoms with Crippen molar-refractivity contribution >= 4 is 24.3 Å². The lowest BCUT2D eigenvalue weighted by atomic mass is 9.96. The zero-order valence-corrected chi connectivity index (χ0v) is 23.5. The fourth-order valence-electron chi connectivity index (χ4n) is 1.74. The number of hydrazone groups is 1. The predicted octanol–water partition coefficient (Wildman–Crippen LogP) is 2.05. The molecule has 0 aromatic carbocycles. The van der Waals surface area contributed by atoms with E-state index in [-0.39, 0.29) is 18.9 Å². The van der Waals surface area contributed by atoms with Gasteiger partial charge >= 0.3 is 5.97 Å². The number of aliphatic hydroxyl groups is 2. The summed E-state index contributed by atoms with van der Waals surface area (Å²) in [6.07, 6.45) is 0.000705. The number of aliphatic imine (C=N–C) groups is 1. The van der Waals surface area contributed by atoms with E-state index in [1.165, 1.54) is 32.0 Å². The molecule has 11 heteroatoms. The fourth-order valence-corrected chi connectivity index (χ4v) is 1.74. The third-order valence-electron chi connectivity index (χ3n) is 3.48. The number of ether oxygens (including phenoxy) is 3. The van der Waals surface area contributed by atoms with Gasteiger partial charge in [0.25, 0.3) is 0 Å². The maximum absolute atomic E-state index is 11.8. The van der Waals surface area contributed by atoms with Crippen LogP contribution in [0.25, 0.3) is 0 Å². The minimum Gasteiger partial charge on any atom is -0.459 e. The van der Waals surface area contributed by atoms with Crippen LogP contribution in [0, 0.1) is 5.41 Å². The van der Waals surface area contributed by atoms with Crippen molar-refractivity contribution in [1.29, 1.82) is 0 Å². The van der Waals surface area contributed by atoms with Crippen LogP contribution in [0.2, 0.25) is 0 Å². The molecule has 1 amide bonds. The fraction of sp³-hybridized carbons (Fsp3) is 0.750. The number of nitrogens with two attached hydrogens (primary N) is 1. The van der Waals surface area contributed by atoms with Crippen LogP contribution in [-0.2, 0) is 23.8 Å². The summed E-state index contributed by atoms with van der Waals surface area (Å²) in [6.45, 7) is 17.8. The summed E-state index contributed by atoms with van der Waals surface area (Å²) < 4.78 is 15.6. The molecule has 35 heavy (non-hydrogen) atoms. The van der Waals surface area contributed by atoms with E-state index in [2.05, 4.69) is 22.0 Å². The second-order valence-corrected chi connectivity index (χ2v) is 8.16. The standard InChI is InChI=1S/C12H22O6.C4H8.C3H7N3.C3H7NO.C2H6/c1-12(2,3)11(15)18-7-5-9(16-4)17-8(6-13)10(7)14;1-4(2)3;1-5-2-3-6-4;1-3(5)4-2;1-2/h7-10,13-14H,5-6H2,1-4H3;1H2,2-3H3;2-3H,4H2,1H3;1-2H3,(H,4,5);1-2H3/b;;5-2?,6-3-;;. The summed E-state index contributed by atoms with van der Waals surface area (Å²) in [5.41, 5.74) is 0.523. The number of hydrogen-bond donors (Lipinski definition) is 4. The zero-order valence-electron chi connectivity index (χ0n) is 23.5. The van der Waals surface area contributed by atoms with Crippen LogP contribution in [0.4, 0.5) is 0 Å². The molecular formula is C24H50N4O7. The summed E-state index contributed by atoms with van der Waals surface area (Å²) in [5.74, 6) is 4.29. The molecule has 0 aliphatic carbocycles. The van der Waals surface area contributed by atoms with Crippen LogP contribution >= 0.6 is 0 Å². The molecule has 1 fully saturated rings. The monoisotopic (exact) mass is 506 g/mol. The number of hydrogen-bond acceptors (Lipinski definition) is 10. The van der Waals surface area contributed by atoms with Gasteiger partial charge in [-0.15, -0.1) is 6.58 Å². The number of esters is 1. The predicted molar refractivity (Wildman–Crippen MR) is 141 cm³/mol. The normalized spacial score (nSPS) is 20.9. The van der Waals surface area contributed by atoms with Crippen molar-refractivity contribution in [2.24, 2.45) is 21.4 Å². The summed E-state index contributed by atoms with van der Waals surface area (Å²) in [7, 11) is 4.71. The van der Waals surface area contributed by atoms with Crippen molar-refractivity contribution in [2.75, 3.05) is 27.8 Å². The first-order valence-corrected chi connectivity index (χ1v) is 11.3. The highest BCUT2D eigenvalue weighted by molar-refractivity contribution is 6.15. The van der Waals surface area contributed by atoms with Crippen molar-refractivity contribution < 1.29 is 34.0 Å². The Labute approximate surface area is 211 Å². The highest BCUT2D eigenvalue weighted by Gasteiger charge is 2.41. The third kappa shape index (κ3) is 26.1. The molecule has 208 valence electrons. The number of aliphatic hydroxyl groups excluding tert-OH is 2. The van der Waals surface area contributed by atoms with Gasteiger partial charge in [-0.05, 0) is 34.6 Å². The average molecular weight is 507 g/mol. The Morgan fingerprint density at radius 2 is 1.69 bits per heavy atom. The Kier molecular flexibility index (Phi) is 28.2. The molecule has 1 heterocycles. The van der Waals surface area contributed by atoms with Gasteiger partial charge in [0, 0.05) is 40.8 Å². The minimum atomic E-state index is -1.05. The minimum absolute atomic E-state index is 0.00463. The summed E-state index contributed by atoms with van der Waals surface area (Å²) in [5, 5.41) is 24.6. The van der Waals surface area contributed by atoms with Gasteiger partial charge in [0.1, 0.15) is 18.3 Å². The van der Waals surface area contributed by atoms with E-state index < -0.39 is 36.0 Å². The van der Waals surface area contributed by atoms with Crippen LogP contribution < -0.4 is 11.2 Å². The van der Waals surface area contributed by atoms with E-state index >= 15 is 0 Å². The summed E-state index contributed by atoms with van der Waals surface area (Å²) in [4.78, 5) is 25.1. The zero-order chi connectivity index (χ0) is 28.6. The highest BCUT2D eigenvalue weighted by atomic mass is 16.7. The number of nitrogens with one attached hydrogen (secondary N) is 1. The first kappa shape index (κ1) is 39.9. The van der Waals surface area contributed by atoms with E-state index in [1.807, 2.05) is 27.7 Å². The lowest BCUT2D eigenvalue weighted by Gasteiger charge is -2.38. The van der Waals surface area contributed by atoms with Gasteiger partial charge in [-0.2, -0.15) is 5.10 Å². The van der Waals surface area contributed by atoms with Crippen molar-refractivity contribution in [3.63, 3.8) is 0 Å². The Balaban J connectivity index is -0.000000231. The Morgan fingerprint density at radius 1 is 1.23 bits per heavy atom. The van der Waals surface area contributed by atoms with E-state index in [0.717, 1.165) is 0 Å². The number of rotatable bonds is 4. The summed E-state index contributed by atoms with van der Waals surface area (Å²) in [6, 6.07) is 0. The van der Waals surface area contributed by atoms with Crippen LogP contribution in [0.1, 0.15) is 61.8 Å². The Morgan fingerprint density at radius 3 is 1.94 bits per heavy atom. The van der Waals surface area contributed by atoms with Crippen LogP contribution in [0.15, 0.2) is 22.2 Å². The molecule has 1 aliphatic rings. The number of allylic oxidation sites excluding steroid dienone is 1. The van der Waals surface area contributed by atoms with E-state index in [9.17, 15) is 14.7 Å². The van der Waals surface area contributed by atoms with E-state index in [1.54, 1.807) is 34.9 Å².